The molecule has 4 rings (SSSR count). The Morgan fingerprint density at radius 2 is 1.93 bits per heavy atom. The number of anilines is 1. The highest BCUT2D eigenvalue weighted by molar-refractivity contribution is 6.33. The zero-order valence-corrected chi connectivity index (χ0v) is 23.3. The maximum Gasteiger partial charge on any atom is 0.224 e. The fraction of sp³-hybridized carbons (Fsp3) is 0.188. The summed E-state index contributed by atoms with van der Waals surface area (Å²) in [6, 6.07) is 19.3. The van der Waals surface area contributed by atoms with E-state index in [-0.39, 0.29) is 28.7 Å². The van der Waals surface area contributed by atoms with Crippen LogP contribution in [0.25, 0.3) is 16.6 Å². The number of rotatable bonds is 11. The van der Waals surface area contributed by atoms with E-state index in [1.165, 1.54) is 18.2 Å². The molecular formula is C32H31ClFN5O. The SMILES string of the molecule is C=C(C(=N)c1cc(Cl)ccc1F)c1ccc2ncc(N(C/C=C\C)CC(C)C(=O)NCc3ccccc3)cc2n1. The fourth-order valence-corrected chi connectivity index (χ4v) is 4.38. The maximum atomic E-state index is 14.4. The van der Waals surface area contributed by atoms with Gasteiger partial charge in [-0.15, -0.1) is 0 Å². The molecule has 40 heavy (non-hydrogen) atoms. The Morgan fingerprint density at radius 3 is 2.67 bits per heavy atom. The number of hydrogen-bond donors (Lipinski definition) is 2. The predicted octanol–water partition coefficient (Wildman–Crippen LogP) is 6.84. The first kappa shape index (κ1) is 28.6. The average molecular weight is 556 g/mol. The minimum Gasteiger partial charge on any atom is -0.366 e. The number of carbonyl (C=O) groups excluding carboxylic acids is 1. The van der Waals surface area contributed by atoms with Gasteiger partial charge >= 0.3 is 0 Å². The molecule has 0 saturated heterocycles. The summed E-state index contributed by atoms with van der Waals surface area (Å²) in [5, 5.41) is 11.9. The number of nitrogens with zero attached hydrogens (tertiary/aromatic N) is 3. The standard InChI is InChI=1S/C32H31ClFN5O/c1-4-5-15-39(20-21(2)32(40)37-18-23-9-7-6-8-10-23)25-17-30-29(36-19-25)14-13-28(38-30)22(3)31(35)26-16-24(33)11-12-27(26)34/h4-14,16-17,19,21,35H,3,15,18,20H2,1-2H3,(H,37,40)/b5-4-,35-31?. The molecule has 0 spiro atoms. The van der Waals surface area contributed by atoms with Gasteiger partial charge < -0.3 is 10.2 Å². The Labute approximate surface area is 238 Å². The molecule has 1 atom stereocenters. The van der Waals surface area contributed by atoms with Crippen LogP contribution in [0.3, 0.4) is 0 Å². The third kappa shape index (κ3) is 6.98. The first-order valence-corrected chi connectivity index (χ1v) is 13.3. The van der Waals surface area contributed by atoms with Gasteiger partial charge in [-0.1, -0.05) is 67.6 Å². The van der Waals surface area contributed by atoms with Crippen LogP contribution in [0.2, 0.25) is 5.02 Å². The first-order valence-electron chi connectivity index (χ1n) is 12.9. The van der Waals surface area contributed by atoms with Crippen LogP contribution in [0.15, 0.2) is 91.7 Å². The summed E-state index contributed by atoms with van der Waals surface area (Å²) in [6.45, 7) is 9.38. The second kappa shape index (κ2) is 13.1. The Hall–Kier alpha value is -4.36. The molecule has 1 unspecified atom stereocenters. The lowest BCUT2D eigenvalue weighted by Crippen LogP contribution is -2.37. The van der Waals surface area contributed by atoms with Gasteiger partial charge in [0.15, 0.2) is 0 Å². The number of hydrogen-bond acceptors (Lipinski definition) is 5. The predicted molar refractivity (Wildman–Crippen MR) is 161 cm³/mol. The zero-order valence-electron chi connectivity index (χ0n) is 22.5. The van der Waals surface area contributed by atoms with Crippen LogP contribution in [-0.2, 0) is 11.3 Å². The number of amides is 1. The smallest absolute Gasteiger partial charge is 0.224 e. The summed E-state index contributed by atoms with van der Waals surface area (Å²) in [6.07, 6.45) is 5.74. The topological polar surface area (TPSA) is 82.0 Å². The molecule has 0 radical (unpaired) electrons. The van der Waals surface area contributed by atoms with E-state index >= 15 is 0 Å². The summed E-state index contributed by atoms with van der Waals surface area (Å²) in [5.74, 6) is -0.870. The van der Waals surface area contributed by atoms with Gasteiger partial charge in [0.05, 0.1) is 40.2 Å². The Balaban J connectivity index is 1.54. The second-order valence-electron chi connectivity index (χ2n) is 9.48. The van der Waals surface area contributed by atoms with E-state index in [0.717, 1.165) is 11.3 Å². The van der Waals surface area contributed by atoms with Crippen LogP contribution >= 0.6 is 11.6 Å². The van der Waals surface area contributed by atoms with Crippen molar-refractivity contribution in [1.82, 2.24) is 15.3 Å². The number of halogens is 2. The van der Waals surface area contributed by atoms with Gasteiger partial charge in [-0.25, -0.2) is 9.37 Å². The molecule has 0 fully saturated rings. The van der Waals surface area contributed by atoms with Gasteiger partial charge in [0.2, 0.25) is 5.91 Å². The normalized spacial score (nSPS) is 11.9. The third-order valence-electron chi connectivity index (χ3n) is 6.51. The molecule has 6 nitrogen and oxygen atoms in total. The molecule has 1 amide bonds. The van der Waals surface area contributed by atoms with Crippen LogP contribution in [-0.4, -0.2) is 34.7 Å². The second-order valence-corrected chi connectivity index (χ2v) is 9.92. The van der Waals surface area contributed by atoms with Crippen molar-refractivity contribution in [2.75, 3.05) is 18.0 Å². The van der Waals surface area contributed by atoms with E-state index in [1.807, 2.05) is 62.4 Å². The number of benzene rings is 2. The molecule has 0 aliphatic rings. The summed E-state index contributed by atoms with van der Waals surface area (Å²) >= 11 is 6.02. The lowest BCUT2D eigenvalue weighted by Gasteiger charge is -2.26. The summed E-state index contributed by atoms with van der Waals surface area (Å²) < 4.78 is 14.4. The van der Waals surface area contributed by atoms with E-state index < -0.39 is 5.82 Å². The van der Waals surface area contributed by atoms with Gasteiger partial charge in [-0.3, -0.25) is 15.2 Å². The molecule has 2 aromatic heterocycles. The number of fused-ring (bicyclic) bond motifs is 1. The van der Waals surface area contributed by atoms with Crippen LogP contribution < -0.4 is 10.2 Å². The molecular weight excluding hydrogens is 525 g/mol. The van der Waals surface area contributed by atoms with Crippen LogP contribution in [0.5, 0.6) is 0 Å². The lowest BCUT2D eigenvalue weighted by atomic mass is 10.00. The molecule has 0 bridgehead atoms. The Kier molecular flexibility index (Phi) is 9.40. The summed E-state index contributed by atoms with van der Waals surface area (Å²) in [7, 11) is 0. The monoisotopic (exact) mass is 555 g/mol. The molecule has 2 aromatic carbocycles. The van der Waals surface area contributed by atoms with E-state index in [9.17, 15) is 9.18 Å². The number of allylic oxidation sites excluding steroid dienone is 2. The van der Waals surface area contributed by atoms with Crippen molar-refractivity contribution in [2.24, 2.45) is 5.92 Å². The van der Waals surface area contributed by atoms with E-state index in [0.29, 0.717) is 41.4 Å². The van der Waals surface area contributed by atoms with Gasteiger partial charge in [-0.2, -0.15) is 0 Å². The molecule has 8 heteroatoms. The minimum absolute atomic E-state index is 0.0356. The number of nitrogens with one attached hydrogen (secondary N) is 2. The first-order chi connectivity index (χ1) is 19.3. The fourth-order valence-electron chi connectivity index (χ4n) is 4.21. The molecule has 204 valence electrons. The summed E-state index contributed by atoms with van der Waals surface area (Å²) in [5.41, 5.74) is 3.78. The highest BCUT2D eigenvalue weighted by Crippen LogP contribution is 2.25. The maximum absolute atomic E-state index is 14.4. The molecule has 0 saturated carbocycles. The number of carbonyl (C=O) groups is 1. The lowest BCUT2D eigenvalue weighted by molar-refractivity contribution is -0.124. The zero-order chi connectivity index (χ0) is 28.6. The highest BCUT2D eigenvalue weighted by atomic mass is 35.5. The van der Waals surface area contributed by atoms with E-state index in [4.69, 9.17) is 22.0 Å². The van der Waals surface area contributed by atoms with Crippen LogP contribution in [0.1, 0.15) is 30.7 Å². The highest BCUT2D eigenvalue weighted by Gasteiger charge is 2.19. The van der Waals surface area contributed by atoms with Gasteiger partial charge in [0.25, 0.3) is 0 Å². The van der Waals surface area contributed by atoms with E-state index in [2.05, 4.69) is 21.8 Å². The molecule has 2 heterocycles. The average Bonchev–Trinajstić information content (AvgIpc) is 2.98. The Morgan fingerprint density at radius 1 is 1.15 bits per heavy atom. The molecule has 0 aliphatic heterocycles. The Bertz CT molecular complexity index is 1570. The van der Waals surface area contributed by atoms with Crippen molar-refractivity contribution < 1.29 is 9.18 Å². The van der Waals surface area contributed by atoms with Crippen LogP contribution in [0.4, 0.5) is 10.1 Å². The molecule has 2 N–H and O–H groups in total. The number of pyridine rings is 2. The van der Waals surface area contributed by atoms with Crippen molar-refractivity contribution in [2.45, 2.75) is 20.4 Å². The van der Waals surface area contributed by atoms with Gasteiger partial charge in [-0.05, 0) is 48.9 Å². The largest absolute Gasteiger partial charge is 0.366 e. The van der Waals surface area contributed by atoms with Crippen molar-refractivity contribution in [3.05, 3.63) is 119 Å². The minimum atomic E-state index is -0.554. The van der Waals surface area contributed by atoms with Crippen LogP contribution in [0, 0.1) is 17.1 Å². The van der Waals surface area contributed by atoms with Crippen molar-refractivity contribution in [3.63, 3.8) is 0 Å². The van der Waals surface area contributed by atoms with Gasteiger partial charge in [0.1, 0.15) is 5.82 Å². The third-order valence-corrected chi connectivity index (χ3v) is 6.74. The quantitative estimate of drug-likeness (QED) is 0.157. The van der Waals surface area contributed by atoms with E-state index in [1.54, 1.807) is 18.3 Å². The molecule has 0 aliphatic carbocycles. The number of aromatic nitrogens is 2. The van der Waals surface area contributed by atoms with Crippen molar-refractivity contribution in [3.8, 4) is 0 Å². The summed E-state index contributed by atoms with van der Waals surface area (Å²) in [4.78, 5) is 24.2. The molecule has 4 aromatic rings. The van der Waals surface area contributed by atoms with Crippen molar-refractivity contribution >= 4 is 45.5 Å². The van der Waals surface area contributed by atoms with Gasteiger partial charge in [0, 0.05) is 35.8 Å². The van der Waals surface area contributed by atoms with Crippen molar-refractivity contribution in [1.29, 1.82) is 5.41 Å².